The average molecular weight is 371 g/mol. The minimum absolute atomic E-state index is 0.00726. The number of carbonyl (C=O) groups is 1. The van der Waals surface area contributed by atoms with E-state index < -0.39 is 0 Å². The van der Waals surface area contributed by atoms with E-state index in [1.807, 2.05) is 42.6 Å². The molecule has 0 aliphatic heterocycles. The molecule has 0 aliphatic carbocycles. The summed E-state index contributed by atoms with van der Waals surface area (Å²) in [7, 11) is 1.65. The first kappa shape index (κ1) is 17.8. The number of hydrogen-bond acceptors (Lipinski definition) is 3. The molecule has 2 aromatic heterocycles. The molecular weight excluding hydrogens is 350 g/mol. The monoisotopic (exact) mass is 371 g/mol. The fourth-order valence-corrected chi connectivity index (χ4v) is 3.43. The van der Waals surface area contributed by atoms with Crippen molar-refractivity contribution in [3.05, 3.63) is 95.9 Å². The predicted octanol–water partition coefficient (Wildman–Crippen LogP) is 4.13. The zero-order valence-corrected chi connectivity index (χ0v) is 15.6. The van der Waals surface area contributed by atoms with Crippen LogP contribution in [-0.2, 0) is 0 Å². The van der Waals surface area contributed by atoms with Gasteiger partial charge in [0.2, 0.25) is 0 Å². The Kier molecular flexibility index (Phi) is 5.06. The van der Waals surface area contributed by atoms with Crippen molar-refractivity contribution >= 4 is 16.8 Å². The highest BCUT2D eigenvalue weighted by molar-refractivity contribution is 5.94. The van der Waals surface area contributed by atoms with Gasteiger partial charge in [0.1, 0.15) is 5.75 Å². The van der Waals surface area contributed by atoms with Crippen LogP contribution in [0.2, 0.25) is 0 Å². The molecule has 0 spiro atoms. The average Bonchev–Trinajstić information content (AvgIpc) is 3.19. The summed E-state index contributed by atoms with van der Waals surface area (Å²) in [5.41, 5.74) is 3.94. The van der Waals surface area contributed by atoms with Crippen molar-refractivity contribution in [1.29, 1.82) is 0 Å². The molecule has 0 radical (unpaired) electrons. The number of pyridine rings is 1. The van der Waals surface area contributed by atoms with E-state index in [9.17, 15) is 4.79 Å². The van der Waals surface area contributed by atoms with E-state index in [1.54, 1.807) is 31.6 Å². The van der Waals surface area contributed by atoms with E-state index in [-0.39, 0.29) is 11.8 Å². The minimum atomic E-state index is -0.110. The van der Waals surface area contributed by atoms with Crippen LogP contribution in [0.5, 0.6) is 5.75 Å². The number of methoxy groups -OCH3 is 1. The quantitative estimate of drug-likeness (QED) is 0.535. The number of fused-ring (bicyclic) bond motifs is 1. The molecule has 140 valence electrons. The molecule has 0 aliphatic rings. The summed E-state index contributed by atoms with van der Waals surface area (Å²) in [5.74, 6) is 0.704. The zero-order valence-electron chi connectivity index (χ0n) is 15.6. The minimum Gasteiger partial charge on any atom is -0.497 e. The van der Waals surface area contributed by atoms with Crippen molar-refractivity contribution in [2.75, 3.05) is 13.7 Å². The van der Waals surface area contributed by atoms with Crippen molar-refractivity contribution in [3.63, 3.8) is 0 Å². The maximum Gasteiger partial charge on any atom is 0.251 e. The van der Waals surface area contributed by atoms with E-state index in [0.29, 0.717) is 12.1 Å². The summed E-state index contributed by atoms with van der Waals surface area (Å²) in [4.78, 5) is 19.8. The fraction of sp³-hybridized carbons (Fsp3) is 0.130. The molecule has 0 fully saturated rings. The molecule has 4 rings (SSSR count). The second-order valence-corrected chi connectivity index (χ2v) is 6.56. The maximum atomic E-state index is 12.5. The van der Waals surface area contributed by atoms with Crippen molar-refractivity contribution in [1.82, 2.24) is 15.3 Å². The predicted molar refractivity (Wildman–Crippen MR) is 110 cm³/mol. The Morgan fingerprint density at radius 3 is 2.57 bits per heavy atom. The maximum absolute atomic E-state index is 12.5. The normalized spacial score (nSPS) is 11.9. The molecule has 5 heteroatoms. The summed E-state index contributed by atoms with van der Waals surface area (Å²) in [5, 5.41) is 4.22. The molecule has 28 heavy (non-hydrogen) atoms. The number of rotatable bonds is 6. The number of H-pyrrole nitrogens is 1. The molecule has 0 saturated carbocycles. The van der Waals surface area contributed by atoms with Crippen LogP contribution < -0.4 is 10.1 Å². The lowest BCUT2D eigenvalue weighted by Crippen LogP contribution is -2.28. The van der Waals surface area contributed by atoms with Crippen LogP contribution in [0, 0.1) is 0 Å². The number of amides is 1. The third-order valence-electron chi connectivity index (χ3n) is 4.92. The summed E-state index contributed by atoms with van der Waals surface area (Å²) in [6.07, 6.45) is 5.27. The van der Waals surface area contributed by atoms with Gasteiger partial charge in [0.15, 0.2) is 0 Å². The molecule has 0 bridgehead atoms. The molecule has 1 unspecified atom stereocenters. The Balaban J connectivity index is 1.66. The lowest BCUT2D eigenvalue weighted by atomic mass is 9.90. The lowest BCUT2D eigenvalue weighted by molar-refractivity contribution is 0.0952. The molecule has 5 nitrogen and oxygen atoms in total. The Morgan fingerprint density at radius 1 is 1.07 bits per heavy atom. The number of carbonyl (C=O) groups excluding carboxylic acids is 1. The van der Waals surface area contributed by atoms with Gasteiger partial charge < -0.3 is 15.0 Å². The number of para-hydroxylation sites is 1. The Labute approximate surface area is 163 Å². The van der Waals surface area contributed by atoms with Crippen LogP contribution in [-0.4, -0.2) is 29.5 Å². The van der Waals surface area contributed by atoms with E-state index in [1.165, 1.54) is 0 Å². The first-order chi connectivity index (χ1) is 13.8. The van der Waals surface area contributed by atoms with E-state index >= 15 is 0 Å². The van der Waals surface area contributed by atoms with Crippen LogP contribution in [0.25, 0.3) is 10.9 Å². The first-order valence-corrected chi connectivity index (χ1v) is 9.14. The van der Waals surface area contributed by atoms with Gasteiger partial charge in [-0.1, -0.05) is 30.3 Å². The SMILES string of the molecule is COc1ccc(C(CNC(=O)c2ccncc2)c2c[nH]c3ccccc23)cc1. The van der Waals surface area contributed by atoms with E-state index in [2.05, 4.69) is 27.4 Å². The summed E-state index contributed by atoms with van der Waals surface area (Å²) in [6, 6.07) is 19.6. The van der Waals surface area contributed by atoms with Gasteiger partial charge in [-0.25, -0.2) is 0 Å². The van der Waals surface area contributed by atoms with Gasteiger partial charge in [-0.15, -0.1) is 0 Å². The number of hydrogen-bond donors (Lipinski definition) is 2. The van der Waals surface area contributed by atoms with Crippen LogP contribution >= 0.6 is 0 Å². The highest BCUT2D eigenvalue weighted by Crippen LogP contribution is 2.31. The number of aromatic nitrogens is 2. The molecule has 0 saturated heterocycles. The van der Waals surface area contributed by atoms with Crippen molar-refractivity contribution < 1.29 is 9.53 Å². The third-order valence-corrected chi connectivity index (χ3v) is 4.92. The molecule has 2 heterocycles. The van der Waals surface area contributed by atoms with Gasteiger partial charge >= 0.3 is 0 Å². The number of nitrogens with zero attached hydrogens (tertiary/aromatic N) is 1. The number of ether oxygens (including phenoxy) is 1. The summed E-state index contributed by atoms with van der Waals surface area (Å²) in [6.45, 7) is 0.481. The smallest absolute Gasteiger partial charge is 0.251 e. The first-order valence-electron chi connectivity index (χ1n) is 9.14. The molecule has 4 aromatic rings. The fourth-order valence-electron chi connectivity index (χ4n) is 3.43. The van der Waals surface area contributed by atoms with Crippen molar-refractivity contribution in [3.8, 4) is 5.75 Å². The second kappa shape index (κ2) is 7.96. The summed E-state index contributed by atoms with van der Waals surface area (Å²) >= 11 is 0. The molecule has 2 N–H and O–H groups in total. The number of nitrogens with one attached hydrogen (secondary N) is 2. The Hall–Kier alpha value is -3.60. The van der Waals surface area contributed by atoms with Gasteiger partial charge in [0, 0.05) is 47.5 Å². The van der Waals surface area contributed by atoms with E-state index in [0.717, 1.165) is 27.8 Å². The molecule has 1 amide bonds. The molecule has 2 aromatic carbocycles. The van der Waals surface area contributed by atoms with Crippen LogP contribution in [0.1, 0.15) is 27.4 Å². The standard InChI is InChI=1S/C23H21N3O2/c1-28-18-8-6-16(7-9-18)20(14-26-23(27)17-10-12-24-13-11-17)21-15-25-22-5-3-2-4-19(21)22/h2-13,15,20,25H,14H2,1H3,(H,26,27). The van der Waals surface area contributed by atoms with Gasteiger partial charge in [-0.2, -0.15) is 0 Å². The van der Waals surface area contributed by atoms with Gasteiger partial charge in [0.05, 0.1) is 7.11 Å². The Morgan fingerprint density at radius 2 is 1.82 bits per heavy atom. The van der Waals surface area contributed by atoms with Gasteiger partial charge in [0.25, 0.3) is 5.91 Å². The van der Waals surface area contributed by atoms with Crippen molar-refractivity contribution in [2.45, 2.75) is 5.92 Å². The number of aromatic amines is 1. The highest BCUT2D eigenvalue weighted by Gasteiger charge is 2.19. The largest absolute Gasteiger partial charge is 0.497 e. The topological polar surface area (TPSA) is 67.0 Å². The van der Waals surface area contributed by atoms with Crippen LogP contribution in [0.4, 0.5) is 0 Å². The molecule has 1 atom stereocenters. The third kappa shape index (κ3) is 3.60. The zero-order chi connectivity index (χ0) is 19.3. The Bertz CT molecular complexity index is 1070. The van der Waals surface area contributed by atoms with E-state index in [4.69, 9.17) is 4.74 Å². The van der Waals surface area contributed by atoms with Gasteiger partial charge in [-0.05, 0) is 41.5 Å². The highest BCUT2D eigenvalue weighted by atomic mass is 16.5. The molecular formula is C23H21N3O2. The van der Waals surface area contributed by atoms with Gasteiger partial charge in [-0.3, -0.25) is 9.78 Å². The van der Waals surface area contributed by atoms with Crippen molar-refractivity contribution in [2.24, 2.45) is 0 Å². The lowest BCUT2D eigenvalue weighted by Gasteiger charge is -2.18. The van der Waals surface area contributed by atoms with Crippen LogP contribution in [0.3, 0.4) is 0 Å². The number of benzene rings is 2. The van der Waals surface area contributed by atoms with Crippen LogP contribution in [0.15, 0.2) is 79.3 Å². The second-order valence-electron chi connectivity index (χ2n) is 6.56. The summed E-state index contributed by atoms with van der Waals surface area (Å²) < 4.78 is 5.28.